The summed E-state index contributed by atoms with van der Waals surface area (Å²) in [4.78, 5) is 28.7. The van der Waals surface area contributed by atoms with Crippen molar-refractivity contribution >= 4 is 17.5 Å². The van der Waals surface area contributed by atoms with E-state index in [0.29, 0.717) is 29.5 Å². The van der Waals surface area contributed by atoms with Crippen LogP contribution in [0.3, 0.4) is 0 Å². The average Bonchev–Trinajstić information content (AvgIpc) is 3.54. The summed E-state index contributed by atoms with van der Waals surface area (Å²) in [5.74, 6) is 0.101. The molecule has 1 aromatic rings. The lowest BCUT2D eigenvalue weighted by Gasteiger charge is -2.27. The molecule has 8 heteroatoms. The summed E-state index contributed by atoms with van der Waals surface area (Å²) in [5.41, 5.74) is -0.167. The van der Waals surface area contributed by atoms with Gasteiger partial charge in [-0.3, -0.25) is 9.59 Å². The zero-order valence-electron chi connectivity index (χ0n) is 18.1. The first-order valence-electron chi connectivity index (χ1n) is 10.8. The third kappa shape index (κ3) is 2.99. The van der Waals surface area contributed by atoms with Crippen molar-refractivity contribution in [1.29, 1.82) is 0 Å². The Hall–Kier alpha value is -2.74. The quantitative estimate of drug-likeness (QED) is 0.700. The second-order valence-corrected chi connectivity index (χ2v) is 8.71. The van der Waals surface area contributed by atoms with Crippen molar-refractivity contribution in [3.8, 4) is 17.2 Å². The molecule has 31 heavy (non-hydrogen) atoms. The SMILES string of the molecule is COc1cc(NC(=O)[C@H]2[C@H]3C=C[C@@]4(CN(C5CCCC5)C(=O)[C@@H]24)O3)cc(OC)c1OC. The van der Waals surface area contributed by atoms with Crippen LogP contribution in [0.2, 0.25) is 0 Å². The first-order valence-corrected chi connectivity index (χ1v) is 10.8. The van der Waals surface area contributed by atoms with Crippen molar-refractivity contribution in [3.05, 3.63) is 24.3 Å². The van der Waals surface area contributed by atoms with Crippen molar-refractivity contribution < 1.29 is 28.5 Å². The Morgan fingerprint density at radius 1 is 1.13 bits per heavy atom. The van der Waals surface area contributed by atoms with Gasteiger partial charge < -0.3 is 29.2 Å². The fraction of sp³-hybridized carbons (Fsp3) is 0.565. The Morgan fingerprint density at radius 3 is 2.42 bits per heavy atom. The fourth-order valence-electron chi connectivity index (χ4n) is 5.73. The molecule has 3 fully saturated rings. The molecule has 3 aliphatic heterocycles. The maximum Gasteiger partial charge on any atom is 0.231 e. The topological polar surface area (TPSA) is 86.3 Å². The van der Waals surface area contributed by atoms with Crippen molar-refractivity contribution in [1.82, 2.24) is 4.90 Å². The third-order valence-corrected chi connectivity index (χ3v) is 7.13. The normalized spacial score (nSPS) is 31.3. The van der Waals surface area contributed by atoms with Crippen LogP contribution < -0.4 is 19.5 Å². The number of anilines is 1. The summed E-state index contributed by atoms with van der Waals surface area (Å²) in [6.07, 6.45) is 7.91. The van der Waals surface area contributed by atoms with E-state index in [1.54, 1.807) is 12.1 Å². The number of likely N-dealkylation sites (tertiary alicyclic amines) is 1. The number of rotatable bonds is 6. The highest BCUT2D eigenvalue weighted by atomic mass is 16.5. The van der Waals surface area contributed by atoms with Crippen LogP contribution in [0.25, 0.3) is 0 Å². The van der Waals surface area contributed by atoms with Gasteiger partial charge in [0.15, 0.2) is 11.5 Å². The fourth-order valence-corrected chi connectivity index (χ4v) is 5.73. The van der Waals surface area contributed by atoms with Gasteiger partial charge >= 0.3 is 0 Å². The number of methoxy groups -OCH3 is 3. The standard InChI is InChI=1S/C23H28N2O6/c1-28-16-10-13(11-17(29-2)20(16)30-3)24-21(26)18-15-8-9-23(31-15)12-25(22(27)19(18)23)14-6-4-5-7-14/h8-11,14-15,18-19H,4-7,12H2,1-3H3,(H,24,26)/t15-,18+,19-,23+/m1/s1. The van der Waals surface area contributed by atoms with Crippen molar-refractivity contribution in [2.45, 2.75) is 43.4 Å². The molecule has 5 rings (SSSR count). The Bertz CT molecular complexity index is 915. The largest absolute Gasteiger partial charge is 0.493 e. The van der Waals surface area contributed by atoms with Gasteiger partial charge in [0.2, 0.25) is 17.6 Å². The Kier molecular flexibility index (Phi) is 4.84. The number of ether oxygens (including phenoxy) is 4. The predicted molar refractivity (Wildman–Crippen MR) is 112 cm³/mol. The number of nitrogens with zero attached hydrogens (tertiary/aromatic N) is 1. The molecule has 1 spiro atoms. The zero-order chi connectivity index (χ0) is 21.8. The minimum atomic E-state index is -0.679. The number of hydrogen-bond acceptors (Lipinski definition) is 6. The first-order chi connectivity index (χ1) is 15.0. The van der Waals surface area contributed by atoms with E-state index in [-0.39, 0.29) is 24.0 Å². The molecular formula is C23H28N2O6. The van der Waals surface area contributed by atoms with Gasteiger partial charge in [0.05, 0.1) is 45.8 Å². The van der Waals surface area contributed by atoms with Crippen LogP contribution in [0.5, 0.6) is 17.2 Å². The molecule has 0 unspecified atom stereocenters. The zero-order valence-corrected chi connectivity index (χ0v) is 18.1. The Labute approximate surface area is 181 Å². The van der Waals surface area contributed by atoms with Gasteiger partial charge in [0.1, 0.15) is 5.60 Å². The number of carbonyl (C=O) groups excluding carboxylic acids is 2. The van der Waals surface area contributed by atoms with Gasteiger partial charge in [-0.05, 0) is 12.8 Å². The van der Waals surface area contributed by atoms with E-state index < -0.39 is 17.4 Å². The van der Waals surface area contributed by atoms with Crippen molar-refractivity contribution in [2.24, 2.45) is 11.8 Å². The highest BCUT2D eigenvalue weighted by Crippen LogP contribution is 2.53. The van der Waals surface area contributed by atoms with Crippen molar-refractivity contribution in [3.63, 3.8) is 0 Å². The highest BCUT2D eigenvalue weighted by Gasteiger charge is 2.67. The molecule has 8 nitrogen and oxygen atoms in total. The number of benzene rings is 1. The number of fused-ring (bicyclic) bond motifs is 1. The Balaban J connectivity index is 1.40. The number of nitrogens with one attached hydrogen (secondary N) is 1. The third-order valence-electron chi connectivity index (χ3n) is 7.13. The predicted octanol–water partition coefficient (Wildman–Crippen LogP) is 2.38. The molecule has 2 amide bonds. The van der Waals surface area contributed by atoms with E-state index in [2.05, 4.69) is 5.32 Å². The van der Waals surface area contributed by atoms with E-state index in [9.17, 15) is 9.59 Å². The molecule has 1 aromatic carbocycles. The molecular weight excluding hydrogens is 400 g/mol. The molecule has 1 N–H and O–H groups in total. The van der Waals surface area contributed by atoms with E-state index in [1.165, 1.54) is 21.3 Å². The molecule has 3 heterocycles. The lowest BCUT2D eigenvalue weighted by atomic mass is 9.76. The molecule has 2 bridgehead atoms. The molecule has 4 aliphatic rings. The lowest BCUT2D eigenvalue weighted by molar-refractivity contribution is -0.137. The first kappa shape index (κ1) is 20.2. The van der Waals surface area contributed by atoms with E-state index in [4.69, 9.17) is 18.9 Å². The summed E-state index contributed by atoms with van der Waals surface area (Å²) in [5, 5.41) is 2.94. The lowest BCUT2D eigenvalue weighted by Crippen LogP contribution is -2.42. The summed E-state index contributed by atoms with van der Waals surface area (Å²) in [6.45, 7) is 0.544. The average molecular weight is 428 g/mol. The van der Waals surface area contributed by atoms with Gasteiger partial charge in [-0.25, -0.2) is 0 Å². The second-order valence-electron chi connectivity index (χ2n) is 8.71. The minimum Gasteiger partial charge on any atom is -0.493 e. The number of carbonyl (C=O) groups is 2. The van der Waals surface area contributed by atoms with Gasteiger partial charge in [-0.15, -0.1) is 0 Å². The molecule has 166 valence electrons. The van der Waals surface area contributed by atoms with E-state index >= 15 is 0 Å². The van der Waals surface area contributed by atoms with Crippen LogP contribution in [0.1, 0.15) is 25.7 Å². The Morgan fingerprint density at radius 2 is 1.81 bits per heavy atom. The molecule has 1 aliphatic carbocycles. The smallest absolute Gasteiger partial charge is 0.231 e. The van der Waals surface area contributed by atoms with Crippen LogP contribution in [-0.2, 0) is 14.3 Å². The monoisotopic (exact) mass is 428 g/mol. The maximum atomic E-state index is 13.4. The number of hydrogen-bond donors (Lipinski definition) is 1. The molecule has 2 saturated heterocycles. The molecule has 1 saturated carbocycles. The van der Waals surface area contributed by atoms with Crippen LogP contribution in [0.15, 0.2) is 24.3 Å². The van der Waals surface area contributed by atoms with Gasteiger partial charge in [0.25, 0.3) is 0 Å². The summed E-state index contributed by atoms with van der Waals surface area (Å²) in [7, 11) is 4.57. The summed E-state index contributed by atoms with van der Waals surface area (Å²) in [6, 6.07) is 3.63. The van der Waals surface area contributed by atoms with Crippen LogP contribution in [0.4, 0.5) is 5.69 Å². The second kappa shape index (κ2) is 7.44. The van der Waals surface area contributed by atoms with Crippen LogP contribution in [0, 0.1) is 11.8 Å². The van der Waals surface area contributed by atoms with Gasteiger partial charge in [-0.2, -0.15) is 0 Å². The molecule has 0 aromatic heterocycles. The van der Waals surface area contributed by atoms with E-state index in [0.717, 1.165) is 25.7 Å². The summed E-state index contributed by atoms with van der Waals surface area (Å²) < 4.78 is 22.3. The van der Waals surface area contributed by atoms with Crippen LogP contribution in [-0.4, -0.2) is 62.3 Å². The number of amides is 2. The van der Waals surface area contributed by atoms with Gasteiger partial charge in [0, 0.05) is 23.9 Å². The molecule has 4 atom stereocenters. The van der Waals surface area contributed by atoms with Crippen LogP contribution >= 0.6 is 0 Å². The van der Waals surface area contributed by atoms with Crippen molar-refractivity contribution in [2.75, 3.05) is 33.2 Å². The van der Waals surface area contributed by atoms with Gasteiger partial charge in [-0.1, -0.05) is 25.0 Å². The minimum absolute atomic E-state index is 0.0452. The summed E-state index contributed by atoms with van der Waals surface area (Å²) >= 11 is 0. The highest BCUT2D eigenvalue weighted by molar-refractivity contribution is 5.99. The van der Waals surface area contributed by atoms with E-state index in [1.807, 2.05) is 17.1 Å². The maximum absolute atomic E-state index is 13.4. The molecule has 0 radical (unpaired) electrons.